The van der Waals surface area contributed by atoms with Gasteiger partial charge in [0.25, 0.3) is 0 Å². The molecule has 1 aliphatic rings. The maximum Gasteiger partial charge on any atom is 0.354 e. The lowest BCUT2D eigenvalue weighted by molar-refractivity contribution is 0.0682. The Morgan fingerprint density at radius 3 is 2.64 bits per heavy atom. The van der Waals surface area contributed by atoms with Gasteiger partial charge in [0.2, 0.25) is 0 Å². The predicted molar refractivity (Wildman–Crippen MR) is 85.3 cm³/mol. The number of hydrogen-bond donors (Lipinski definition) is 1. The van der Waals surface area contributed by atoms with E-state index in [1.165, 1.54) is 5.56 Å². The van der Waals surface area contributed by atoms with E-state index in [9.17, 15) is 9.90 Å². The van der Waals surface area contributed by atoms with Gasteiger partial charge in [0.1, 0.15) is 5.69 Å². The molecule has 2 aromatic rings. The van der Waals surface area contributed by atoms with Gasteiger partial charge < -0.3 is 5.11 Å². The summed E-state index contributed by atoms with van der Waals surface area (Å²) in [6.45, 7) is 6.94. The lowest BCUT2D eigenvalue weighted by Gasteiger charge is -2.28. The topological polar surface area (TPSA) is 55.1 Å². The van der Waals surface area contributed by atoms with Gasteiger partial charge >= 0.3 is 5.97 Å². The number of carboxylic acids is 1. The van der Waals surface area contributed by atoms with Gasteiger partial charge in [-0.3, -0.25) is 4.68 Å². The maximum absolute atomic E-state index is 11.7. The Morgan fingerprint density at radius 1 is 1.32 bits per heavy atom. The number of nitrogens with zero attached hydrogens (tertiary/aromatic N) is 2. The van der Waals surface area contributed by atoms with Crippen LogP contribution < -0.4 is 0 Å². The fourth-order valence-corrected chi connectivity index (χ4v) is 3.18. The summed E-state index contributed by atoms with van der Waals surface area (Å²) in [7, 11) is 0. The normalized spacial score (nSPS) is 16.3. The van der Waals surface area contributed by atoms with Crippen molar-refractivity contribution in [2.24, 2.45) is 5.41 Å². The summed E-state index contributed by atoms with van der Waals surface area (Å²) in [5, 5.41) is 14.2. The predicted octanol–water partition coefficient (Wildman–Crippen LogP) is 3.45. The molecule has 1 aromatic heterocycles. The van der Waals surface area contributed by atoms with Crippen molar-refractivity contribution in [3.63, 3.8) is 0 Å². The largest absolute Gasteiger partial charge is 0.477 e. The van der Waals surface area contributed by atoms with Crippen molar-refractivity contribution in [1.82, 2.24) is 9.78 Å². The molecular formula is C18H22N2O2. The molecule has 4 heteroatoms. The fraction of sp³-hybridized carbons (Fsp3) is 0.444. The summed E-state index contributed by atoms with van der Waals surface area (Å²) < 4.78 is 1.67. The highest BCUT2D eigenvalue weighted by atomic mass is 16.4. The van der Waals surface area contributed by atoms with E-state index < -0.39 is 5.97 Å². The van der Waals surface area contributed by atoms with Gasteiger partial charge in [-0.05, 0) is 37.2 Å². The first kappa shape index (κ1) is 14.8. The second kappa shape index (κ2) is 5.27. The Kier molecular flexibility index (Phi) is 3.55. The SMILES string of the molecule is Cc1ccc(Cn2nc3c(c2C(=O)O)CC(C)(C)CC3)cc1. The third-order valence-corrected chi connectivity index (χ3v) is 4.48. The molecular weight excluding hydrogens is 276 g/mol. The molecule has 1 aromatic carbocycles. The maximum atomic E-state index is 11.7. The third-order valence-electron chi connectivity index (χ3n) is 4.48. The van der Waals surface area contributed by atoms with Crippen molar-refractivity contribution in [3.8, 4) is 0 Å². The quantitative estimate of drug-likeness (QED) is 0.944. The lowest BCUT2D eigenvalue weighted by Crippen LogP contribution is -2.23. The zero-order valence-electron chi connectivity index (χ0n) is 13.4. The van der Waals surface area contributed by atoms with Crippen molar-refractivity contribution in [2.45, 2.75) is 46.6 Å². The van der Waals surface area contributed by atoms with E-state index in [4.69, 9.17) is 0 Å². The minimum Gasteiger partial charge on any atom is -0.477 e. The van der Waals surface area contributed by atoms with Gasteiger partial charge in [-0.2, -0.15) is 5.10 Å². The zero-order chi connectivity index (χ0) is 15.9. The van der Waals surface area contributed by atoms with Crippen molar-refractivity contribution < 1.29 is 9.90 Å². The summed E-state index contributed by atoms with van der Waals surface area (Å²) in [4.78, 5) is 11.7. The van der Waals surface area contributed by atoms with Crippen LogP contribution in [0.4, 0.5) is 0 Å². The van der Waals surface area contributed by atoms with E-state index in [0.717, 1.165) is 36.1 Å². The third kappa shape index (κ3) is 2.78. The first-order valence-electron chi connectivity index (χ1n) is 7.73. The molecule has 0 amide bonds. The Bertz CT molecular complexity index is 711. The number of hydrogen-bond acceptors (Lipinski definition) is 2. The number of aromatic nitrogens is 2. The van der Waals surface area contributed by atoms with E-state index in [1.54, 1.807) is 4.68 Å². The monoisotopic (exact) mass is 298 g/mol. The Labute approximate surface area is 130 Å². The number of aromatic carboxylic acids is 1. The second-order valence-corrected chi connectivity index (χ2v) is 7.06. The van der Waals surface area contributed by atoms with Crippen molar-refractivity contribution in [3.05, 3.63) is 52.3 Å². The molecule has 0 bridgehead atoms. The summed E-state index contributed by atoms with van der Waals surface area (Å²) >= 11 is 0. The van der Waals surface area contributed by atoms with Gasteiger partial charge in [0.05, 0.1) is 12.2 Å². The van der Waals surface area contributed by atoms with Crippen LogP contribution >= 0.6 is 0 Å². The highest BCUT2D eigenvalue weighted by Gasteiger charge is 2.32. The van der Waals surface area contributed by atoms with Gasteiger partial charge in [-0.15, -0.1) is 0 Å². The van der Waals surface area contributed by atoms with Crippen LogP contribution in [-0.2, 0) is 19.4 Å². The van der Waals surface area contributed by atoms with Gasteiger partial charge in [-0.1, -0.05) is 43.7 Å². The number of aryl methyl sites for hydroxylation is 2. The molecule has 0 spiro atoms. The number of rotatable bonds is 3. The lowest BCUT2D eigenvalue weighted by atomic mass is 9.76. The molecule has 1 aliphatic carbocycles. The van der Waals surface area contributed by atoms with Gasteiger partial charge in [-0.25, -0.2) is 4.79 Å². The minimum atomic E-state index is -0.876. The number of carbonyl (C=O) groups is 1. The molecule has 0 saturated heterocycles. The summed E-state index contributed by atoms with van der Waals surface area (Å²) in [5.41, 5.74) is 4.67. The highest BCUT2D eigenvalue weighted by molar-refractivity contribution is 5.88. The zero-order valence-corrected chi connectivity index (χ0v) is 13.4. The van der Waals surface area contributed by atoms with Crippen LogP contribution in [0.2, 0.25) is 0 Å². The smallest absolute Gasteiger partial charge is 0.354 e. The molecule has 0 fully saturated rings. The molecule has 116 valence electrons. The van der Waals surface area contributed by atoms with Crippen LogP contribution in [0.25, 0.3) is 0 Å². The van der Waals surface area contributed by atoms with E-state index in [0.29, 0.717) is 12.2 Å². The molecule has 1 heterocycles. The summed E-state index contributed by atoms with van der Waals surface area (Å²) in [5.74, 6) is -0.876. The summed E-state index contributed by atoms with van der Waals surface area (Å²) in [6.07, 6.45) is 2.71. The number of benzene rings is 1. The highest BCUT2D eigenvalue weighted by Crippen LogP contribution is 2.36. The Morgan fingerprint density at radius 2 is 2.00 bits per heavy atom. The number of carboxylic acid groups (broad SMARTS) is 1. The Balaban J connectivity index is 2.00. The molecule has 0 atom stereocenters. The van der Waals surface area contributed by atoms with Gasteiger partial charge in [0.15, 0.2) is 0 Å². The number of fused-ring (bicyclic) bond motifs is 1. The summed E-state index contributed by atoms with van der Waals surface area (Å²) in [6, 6.07) is 8.15. The first-order chi connectivity index (χ1) is 10.4. The molecule has 1 N–H and O–H groups in total. The van der Waals surface area contributed by atoms with Gasteiger partial charge in [0, 0.05) is 5.56 Å². The van der Waals surface area contributed by atoms with Crippen LogP contribution in [-0.4, -0.2) is 20.9 Å². The molecule has 0 saturated carbocycles. The van der Waals surface area contributed by atoms with Crippen LogP contribution in [0.1, 0.15) is 53.1 Å². The van der Waals surface area contributed by atoms with E-state index >= 15 is 0 Å². The van der Waals surface area contributed by atoms with E-state index in [2.05, 4.69) is 18.9 Å². The second-order valence-electron chi connectivity index (χ2n) is 7.06. The van der Waals surface area contributed by atoms with Crippen LogP contribution in [0, 0.1) is 12.3 Å². The first-order valence-corrected chi connectivity index (χ1v) is 7.73. The van der Waals surface area contributed by atoms with E-state index in [1.807, 2.05) is 31.2 Å². The molecule has 0 unspecified atom stereocenters. The molecule has 0 radical (unpaired) electrons. The van der Waals surface area contributed by atoms with Crippen LogP contribution in [0.5, 0.6) is 0 Å². The molecule has 4 nitrogen and oxygen atoms in total. The van der Waals surface area contributed by atoms with E-state index in [-0.39, 0.29) is 5.41 Å². The average Bonchev–Trinajstić information content (AvgIpc) is 2.77. The molecule has 3 rings (SSSR count). The van der Waals surface area contributed by atoms with Crippen LogP contribution in [0.15, 0.2) is 24.3 Å². The van der Waals surface area contributed by atoms with Crippen molar-refractivity contribution in [1.29, 1.82) is 0 Å². The van der Waals surface area contributed by atoms with Crippen LogP contribution in [0.3, 0.4) is 0 Å². The Hall–Kier alpha value is -2.10. The molecule has 22 heavy (non-hydrogen) atoms. The fourth-order valence-electron chi connectivity index (χ4n) is 3.18. The van der Waals surface area contributed by atoms with Crippen molar-refractivity contribution >= 4 is 5.97 Å². The molecule has 0 aliphatic heterocycles. The average molecular weight is 298 g/mol. The minimum absolute atomic E-state index is 0.148. The van der Waals surface area contributed by atoms with Crippen molar-refractivity contribution in [2.75, 3.05) is 0 Å². The standard InChI is InChI=1S/C18H22N2O2/c1-12-4-6-13(7-5-12)11-20-16(17(21)22)14-10-18(2,3)9-8-15(14)19-20/h4-7H,8-11H2,1-3H3,(H,21,22).